The van der Waals surface area contributed by atoms with Crippen molar-refractivity contribution in [2.75, 3.05) is 0 Å². The quantitative estimate of drug-likeness (QED) is 0.0750. The third-order valence-corrected chi connectivity index (χ3v) is 7.01. The molecular formula is C33H22F5NO. The molecule has 0 fully saturated rings. The van der Waals surface area contributed by atoms with Crippen molar-refractivity contribution >= 4 is 11.9 Å². The second-order valence-electron chi connectivity index (χ2n) is 9.36. The maximum Gasteiger partial charge on any atom is 0.200 e. The molecule has 40 heavy (non-hydrogen) atoms. The smallest absolute Gasteiger partial charge is 0.200 e. The molecule has 0 heterocycles. The van der Waals surface area contributed by atoms with Crippen LogP contribution in [0.2, 0.25) is 0 Å². The Morgan fingerprint density at radius 1 is 0.600 bits per heavy atom. The topological polar surface area (TPSA) is 32.6 Å². The van der Waals surface area contributed by atoms with Gasteiger partial charge in [0.2, 0.25) is 5.82 Å². The molecule has 0 saturated heterocycles. The molecule has 7 heteroatoms. The lowest BCUT2D eigenvalue weighted by molar-refractivity contribution is 0.381. The number of rotatable bonds is 6. The van der Waals surface area contributed by atoms with Crippen LogP contribution in [0.3, 0.4) is 0 Å². The van der Waals surface area contributed by atoms with Gasteiger partial charge in [0.1, 0.15) is 11.4 Å². The fourth-order valence-electron chi connectivity index (χ4n) is 4.80. The van der Waals surface area contributed by atoms with Gasteiger partial charge < -0.3 is 5.11 Å². The van der Waals surface area contributed by atoms with Gasteiger partial charge in [-0.15, -0.1) is 0 Å². The molecule has 0 aromatic heterocycles. The highest BCUT2D eigenvalue weighted by atomic mass is 19.2. The maximum absolute atomic E-state index is 14.4. The van der Waals surface area contributed by atoms with Crippen LogP contribution < -0.4 is 0 Å². The highest BCUT2D eigenvalue weighted by molar-refractivity contribution is 5.89. The largest absolute Gasteiger partial charge is 0.507 e. The van der Waals surface area contributed by atoms with Crippen LogP contribution in [0.1, 0.15) is 29.2 Å². The van der Waals surface area contributed by atoms with Gasteiger partial charge in [0, 0.05) is 22.8 Å². The van der Waals surface area contributed by atoms with E-state index in [4.69, 9.17) is 0 Å². The number of hydrogen-bond acceptors (Lipinski definition) is 2. The Bertz CT molecular complexity index is 1640. The molecule has 0 unspecified atom stereocenters. The molecule has 0 bridgehead atoms. The SMILES string of the molecule is CC(c1ccccc1)(c1ccccc1)c1cc(-c2ccccc2)cc(C=Nc2c(F)c(F)c(F)c(F)c2F)c1O. The molecule has 0 aliphatic heterocycles. The highest BCUT2D eigenvalue weighted by Gasteiger charge is 2.35. The van der Waals surface area contributed by atoms with Crippen molar-refractivity contribution in [2.24, 2.45) is 4.99 Å². The molecule has 0 aliphatic carbocycles. The summed E-state index contributed by atoms with van der Waals surface area (Å²) in [6.45, 7) is 1.94. The van der Waals surface area contributed by atoms with Gasteiger partial charge in [0.25, 0.3) is 0 Å². The molecule has 5 rings (SSSR count). The van der Waals surface area contributed by atoms with Crippen molar-refractivity contribution in [2.45, 2.75) is 12.3 Å². The summed E-state index contributed by atoms with van der Waals surface area (Å²) in [6, 6.07) is 31.5. The first-order chi connectivity index (χ1) is 19.2. The zero-order valence-corrected chi connectivity index (χ0v) is 21.2. The number of aromatic hydroxyl groups is 1. The maximum atomic E-state index is 14.4. The average molecular weight is 544 g/mol. The van der Waals surface area contributed by atoms with Gasteiger partial charge in [-0.1, -0.05) is 91.0 Å². The first-order valence-electron chi connectivity index (χ1n) is 12.3. The lowest BCUT2D eigenvalue weighted by Crippen LogP contribution is -2.26. The number of aliphatic imine (C=N–C) groups is 1. The molecule has 0 radical (unpaired) electrons. The average Bonchev–Trinajstić information content (AvgIpc) is 3.00. The van der Waals surface area contributed by atoms with E-state index in [0.29, 0.717) is 11.1 Å². The first kappa shape index (κ1) is 26.8. The van der Waals surface area contributed by atoms with E-state index in [1.165, 1.54) is 0 Å². The van der Waals surface area contributed by atoms with Gasteiger partial charge in [-0.3, -0.25) is 0 Å². The predicted molar refractivity (Wildman–Crippen MR) is 145 cm³/mol. The van der Waals surface area contributed by atoms with E-state index in [2.05, 4.69) is 4.99 Å². The fraction of sp³-hybridized carbons (Fsp3) is 0.0606. The third kappa shape index (κ3) is 4.64. The van der Waals surface area contributed by atoms with Gasteiger partial charge in [0.15, 0.2) is 23.3 Å². The van der Waals surface area contributed by atoms with E-state index in [1.807, 2.05) is 104 Å². The van der Waals surface area contributed by atoms with Crippen molar-refractivity contribution in [1.82, 2.24) is 0 Å². The van der Waals surface area contributed by atoms with Gasteiger partial charge in [0.05, 0.1) is 0 Å². The summed E-state index contributed by atoms with van der Waals surface area (Å²) in [6.07, 6.45) is 0.903. The highest BCUT2D eigenvalue weighted by Crippen LogP contribution is 2.45. The van der Waals surface area contributed by atoms with E-state index in [9.17, 15) is 27.1 Å². The van der Waals surface area contributed by atoms with E-state index in [0.717, 1.165) is 22.9 Å². The molecule has 0 aliphatic rings. The van der Waals surface area contributed by atoms with E-state index >= 15 is 0 Å². The lowest BCUT2D eigenvalue weighted by atomic mass is 9.70. The second-order valence-corrected chi connectivity index (χ2v) is 9.36. The van der Waals surface area contributed by atoms with Gasteiger partial charge in [-0.05, 0) is 41.3 Å². The summed E-state index contributed by atoms with van der Waals surface area (Å²) in [5.74, 6) is -10.9. The Labute approximate surface area is 227 Å². The predicted octanol–water partition coefficient (Wildman–Crippen LogP) is 8.86. The zero-order valence-electron chi connectivity index (χ0n) is 21.2. The van der Waals surface area contributed by atoms with Crippen molar-refractivity contribution < 1.29 is 27.1 Å². The molecule has 200 valence electrons. The number of halogens is 5. The third-order valence-electron chi connectivity index (χ3n) is 7.01. The van der Waals surface area contributed by atoms with Crippen LogP contribution in [0.5, 0.6) is 5.75 Å². The number of benzene rings is 5. The van der Waals surface area contributed by atoms with Crippen LogP contribution in [-0.2, 0) is 5.41 Å². The standard InChI is InChI=1S/C33H22F5NO/c1-33(23-13-7-3-8-14-23,24-15-9-4-10-16-24)25-18-21(20-11-5-2-6-12-20)17-22(32(25)40)19-39-31-29(37)27(35)26(34)28(36)30(31)38/h2-19,40H,1H3. The molecule has 2 nitrogen and oxygen atoms in total. The number of phenols is 1. The minimum absolute atomic E-state index is 0.0263. The molecule has 0 spiro atoms. The monoisotopic (exact) mass is 543 g/mol. The van der Waals surface area contributed by atoms with Gasteiger partial charge in [-0.25, -0.2) is 26.9 Å². The van der Waals surface area contributed by atoms with Crippen LogP contribution in [0.25, 0.3) is 11.1 Å². The van der Waals surface area contributed by atoms with E-state index < -0.39 is 40.2 Å². The van der Waals surface area contributed by atoms with Gasteiger partial charge >= 0.3 is 0 Å². The summed E-state index contributed by atoms with van der Waals surface area (Å²) in [5.41, 5.74) is 1.34. The molecule has 5 aromatic rings. The summed E-state index contributed by atoms with van der Waals surface area (Å²) in [7, 11) is 0. The number of nitrogens with zero attached hydrogens (tertiary/aromatic N) is 1. The molecule has 5 aromatic carbocycles. The first-order valence-corrected chi connectivity index (χ1v) is 12.3. The van der Waals surface area contributed by atoms with E-state index in [1.54, 1.807) is 6.07 Å². The Morgan fingerprint density at radius 2 is 1.05 bits per heavy atom. The van der Waals surface area contributed by atoms with Crippen molar-refractivity contribution in [3.8, 4) is 16.9 Å². The zero-order chi connectivity index (χ0) is 28.4. The van der Waals surface area contributed by atoms with Crippen LogP contribution in [0, 0.1) is 29.1 Å². The molecule has 0 atom stereocenters. The van der Waals surface area contributed by atoms with E-state index in [-0.39, 0.29) is 11.3 Å². The van der Waals surface area contributed by atoms with Crippen LogP contribution in [0.15, 0.2) is 108 Å². The van der Waals surface area contributed by atoms with Crippen molar-refractivity contribution in [3.05, 3.63) is 154 Å². The van der Waals surface area contributed by atoms with Crippen molar-refractivity contribution in [3.63, 3.8) is 0 Å². The van der Waals surface area contributed by atoms with Crippen LogP contribution in [0.4, 0.5) is 27.6 Å². The Kier molecular flexibility index (Phi) is 7.22. The number of hydrogen-bond donors (Lipinski definition) is 1. The number of phenolic OH excluding ortho intramolecular Hbond substituents is 1. The molecule has 0 saturated carbocycles. The Hall–Kier alpha value is -4.78. The molecule has 0 amide bonds. The van der Waals surface area contributed by atoms with Crippen LogP contribution in [-0.4, -0.2) is 11.3 Å². The summed E-state index contributed by atoms with van der Waals surface area (Å²) in [4.78, 5) is 3.62. The lowest BCUT2D eigenvalue weighted by Gasteiger charge is -2.33. The van der Waals surface area contributed by atoms with Crippen molar-refractivity contribution in [1.29, 1.82) is 0 Å². The second kappa shape index (κ2) is 10.8. The summed E-state index contributed by atoms with van der Waals surface area (Å²) in [5, 5.41) is 11.6. The fourth-order valence-corrected chi connectivity index (χ4v) is 4.80. The van der Waals surface area contributed by atoms with Crippen LogP contribution >= 0.6 is 0 Å². The minimum atomic E-state index is -2.27. The molecule has 1 N–H and O–H groups in total. The Balaban J connectivity index is 1.79. The summed E-state index contributed by atoms with van der Waals surface area (Å²) < 4.78 is 69.9. The normalized spacial score (nSPS) is 11.8. The minimum Gasteiger partial charge on any atom is -0.507 e. The summed E-state index contributed by atoms with van der Waals surface area (Å²) >= 11 is 0. The van der Waals surface area contributed by atoms with Gasteiger partial charge in [-0.2, -0.15) is 0 Å². The molecular weight excluding hydrogens is 521 g/mol. The Morgan fingerprint density at radius 3 is 1.55 bits per heavy atom.